The van der Waals surface area contributed by atoms with Crippen LogP contribution in [0.3, 0.4) is 0 Å². The highest BCUT2D eigenvalue weighted by Gasteiger charge is 2.48. The molecule has 25 heavy (non-hydrogen) atoms. The number of benzene rings is 1. The third-order valence-electron chi connectivity index (χ3n) is 5.70. The van der Waals surface area contributed by atoms with Gasteiger partial charge in [0.15, 0.2) is 0 Å². The van der Waals surface area contributed by atoms with Gasteiger partial charge in [0.05, 0.1) is 12.0 Å². The summed E-state index contributed by atoms with van der Waals surface area (Å²) in [6.07, 6.45) is 4.28. The first-order chi connectivity index (χ1) is 12.1. The van der Waals surface area contributed by atoms with Crippen LogP contribution in [0.4, 0.5) is 0 Å². The zero-order valence-electron chi connectivity index (χ0n) is 15.7. The van der Waals surface area contributed by atoms with E-state index < -0.39 is 0 Å². The molecule has 0 bridgehead atoms. The molecule has 2 aliphatic heterocycles. The Balaban J connectivity index is 1.40. The molecule has 1 amide bonds. The maximum absolute atomic E-state index is 12.9. The molecule has 1 aromatic rings. The quantitative estimate of drug-likeness (QED) is 0.712. The Kier molecular flexibility index (Phi) is 6.13. The molecule has 4 nitrogen and oxygen atoms in total. The van der Waals surface area contributed by atoms with Crippen LogP contribution in [-0.2, 0) is 16.1 Å². The van der Waals surface area contributed by atoms with Crippen molar-refractivity contribution in [3.05, 3.63) is 35.9 Å². The number of hydrogen-bond acceptors (Lipinski definition) is 3. The van der Waals surface area contributed by atoms with Gasteiger partial charge >= 0.3 is 0 Å². The van der Waals surface area contributed by atoms with Crippen molar-refractivity contribution in [3.63, 3.8) is 0 Å². The lowest BCUT2D eigenvalue weighted by Gasteiger charge is -2.41. The SMILES string of the molecule is CC(C)N1CCCC2(CCN(CCCOCc3ccccc3)C2)C1=O. The van der Waals surface area contributed by atoms with E-state index in [0.29, 0.717) is 18.6 Å². The molecule has 3 rings (SSSR count). The van der Waals surface area contributed by atoms with Gasteiger partial charge in [-0.3, -0.25) is 4.79 Å². The zero-order chi connectivity index (χ0) is 17.7. The van der Waals surface area contributed by atoms with Gasteiger partial charge in [0, 0.05) is 32.3 Å². The van der Waals surface area contributed by atoms with Gasteiger partial charge in [-0.1, -0.05) is 30.3 Å². The number of carbonyl (C=O) groups excluding carboxylic acids is 1. The predicted molar refractivity (Wildman–Crippen MR) is 100 cm³/mol. The predicted octanol–water partition coefficient (Wildman–Crippen LogP) is 3.32. The number of hydrogen-bond donors (Lipinski definition) is 0. The van der Waals surface area contributed by atoms with Crippen LogP contribution in [0.5, 0.6) is 0 Å². The maximum Gasteiger partial charge on any atom is 0.230 e. The minimum Gasteiger partial charge on any atom is -0.377 e. The van der Waals surface area contributed by atoms with Crippen LogP contribution in [0.2, 0.25) is 0 Å². The van der Waals surface area contributed by atoms with E-state index in [1.807, 2.05) is 18.2 Å². The number of nitrogens with zero attached hydrogens (tertiary/aromatic N) is 2. The molecule has 1 unspecified atom stereocenters. The second kappa shape index (κ2) is 8.33. The van der Waals surface area contributed by atoms with E-state index in [0.717, 1.165) is 58.5 Å². The highest BCUT2D eigenvalue weighted by Crippen LogP contribution is 2.40. The Hall–Kier alpha value is -1.39. The molecule has 0 aromatic heterocycles. The molecule has 1 atom stereocenters. The highest BCUT2D eigenvalue weighted by molar-refractivity contribution is 5.84. The fourth-order valence-corrected chi connectivity index (χ4v) is 4.28. The molecule has 0 saturated carbocycles. The molecule has 0 radical (unpaired) electrons. The summed E-state index contributed by atoms with van der Waals surface area (Å²) in [4.78, 5) is 17.5. The highest BCUT2D eigenvalue weighted by atomic mass is 16.5. The summed E-state index contributed by atoms with van der Waals surface area (Å²) >= 11 is 0. The minimum atomic E-state index is -0.104. The van der Waals surface area contributed by atoms with Crippen LogP contribution in [0, 0.1) is 5.41 Å². The first-order valence-corrected chi connectivity index (χ1v) is 9.76. The molecule has 2 saturated heterocycles. The first kappa shape index (κ1) is 18.4. The van der Waals surface area contributed by atoms with Gasteiger partial charge in [-0.25, -0.2) is 0 Å². The molecule has 1 aromatic carbocycles. The van der Waals surface area contributed by atoms with Crippen LogP contribution in [0.25, 0.3) is 0 Å². The van der Waals surface area contributed by atoms with Crippen LogP contribution in [0.15, 0.2) is 30.3 Å². The van der Waals surface area contributed by atoms with Crippen LogP contribution in [-0.4, -0.2) is 54.5 Å². The molecule has 2 heterocycles. The number of piperidine rings is 1. The topological polar surface area (TPSA) is 32.8 Å². The van der Waals surface area contributed by atoms with E-state index in [-0.39, 0.29) is 5.41 Å². The Morgan fingerprint density at radius 2 is 1.96 bits per heavy atom. The average Bonchev–Trinajstić information content (AvgIpc) is 3.02. The molecule has 138 valence electrons. The minimum absolute atomic E-state index is 0.104. The molecule has 2 fully saturated rings. The van der Waals surface area contributed by atoms with Crippen LogP contribution >= 0.6 is 0 Å². The van der Waals surface area contributed by atoms with E-state index in [1.165, 1.54) is 5.56 Å². The van der Waals surface area contributed by atoms with Gasteiger partial charge < -0.3 is 14.5 Å². The molecule has 4 heteroatoms. The standard InChI is InChI=1S/C21H32N2O2/c1-18(2)23-13-6-10-21(20(23)24)11-14-22(17-21)12-7-15-25-16-19-8-4-3-5-9-19/h3-5,8-9,18H,6-7,10-17H2,1-2H3. The van der Waals surface area contributed by atoms with E-state index in [1.54, 1.807) is 0 Å². The average molecular weight is 344 g/mol. The van der Waals surface area contributed by atoms with Crippen LogP contribution in [0.1, 0.15) is 45.1 Å². The van der Waals surface area contributed by atoms with E-state index in [2.05, 4.69) is 35.8 Å². The summed E-state index contributed by atoms with van der Waals surface area (Å²) in [7, 11) is 0. The van der Waals surface area contributed by atoms with Gasteiger partial charge in [-0.05, 0) is 51.6 Å². The Bertz CT molecular complexity index is 560. The molecular weight excluding hydrogens is 312 g/mol. The van der Waals surface area contributed by atoms with Crippen molar-refractivity contribution in [2.75, 3.05) is 32.8 Å². The maximum atomic E-state index is 12.9. The van der Waals surface area contributed by atoms with Crippen molar-refractivity contribution in [2.45, 2.75) is 52.2 Å². The van der Waals surface area contributed by atoms with Crippen molar-refractivity contribution in [3.8, 4) is 0 Å². The first-order valence-electron chi connectivity index (χ1n) is 9.76. The summed E-state index contributed by atoms with van der Waals surface area (Å²) in [6.45, 7) is 9.69. The summed E-state index contributed by atoms with van der Waals surface area (Å²) in [5.41, 5.74) is 1.12. The lowest BCUT2D eigenvalue weighted by molar-refractivity contribution is -0.147. The van der Waals surface area contributed by atoms with Gasteiger partial charge in [0.25, 0.3) is 0 Å². The van der Waals surface area contributed by atoms with Crippen molar-refractivity contribution < 1.29 is 9.53 Å². The molecule has 0 aliphatic carbocycles. The Morgan fingerprint density at radius 1 is 1.16 bits per heavy atom. The summed E-state index contributed by atoms with van der Waals surface area (Å²) in [6, 6.07) is 10.6. The summed E-state index contributed by atoms with van der Waals surface area (Å²) in [5.74, 6) is 0.400. The molecule has 1 spiro atoms. The molecule has 2 aliphatic rings. The van der Waals surface area contributed by atoms with Gasteiger partial charge in [-0.2, -0.15) is 0 Å². The number of ether oxygens (including phenoxy) is 1. The lowest BCUT2D eigenvalue weighted by Crippen LogP contribution is -2.52. The van der Waals surface area contributed by atoms with Crippen molar-refractivity contribution in [2.24, 2.45) is 5.41 Å². The second-order valence-electron chi connectivity index (χ2n) is 7.89. The van der Waals surface area contributed by atoms with Gasteiger partial charge in [-0.15, -0.1) is 0 Å². The summed E-state index contributed by atoms with van der Waals surface area (Å²) in [5, 5.41) is 0. The Labute approximate surface area is 152 Å². The number of rotatable bonds is 7. The smallest absolute Gasteiger partial charge is 0.230 e. The number of carbonyl (C=O) groups is 1. The molecular formula is C21H32N2O2. The van der Waals surface area contributed by atoms with E-state index >= 15 is 0 Å². The van der Waals surface area contributed by atoms with Crippen molar-refractivity contribution >= 4 is 5.91 Å². The Morgan fingerprint density at radius 3 is 2.72 bits per heavy atom. The third kappa shape index (κ3) is 4.42. The molecule has 0 N–H and O–H groups in total. The second-order valence-corrected chi connectivity index (χ2v) is 7.89. The monoisotopic (exact) mass is 344 g/mol. The zero-order valence-corrected chi connectivity index (χ0v) is 15.7. The van der Waals surface area contributed by atoms with E-state index in [9.17, 15) is 4.79 Å². The number of likely N-dealkylation sites (tertiary alicyclic amines) is 2. The summed E-state index contributed by atoms with van der Waals surface area (Å²) < 4.78 is 5.78. The normalized spacial score (nSPS) is 24.6. The van der Waals surface area contributed by atoms with E-state index in [4.69, 9.17) is 4.74 Å². The third-order valence-corrected chi connectivity index (χ3v) is 5.70. The number of amides is 1. The fourth-order valence-electron chi connectivity index (χ4n) is 4.28. The largest absolute Gasteiger partial charge is 0.377 e. The fraction of sp³-hybridized carbons (Fsp3) is 0.667. The van der Waals surface area contributed by atoms with Gasteiger partial charge in [0.1, 0.15) is 0 Å². The van der Waals surface area contributed by atoms with Crippen LogP contribution < -0.4 is 0 Å². The van der Waals surface area contributed by atoms with Crippen molar-refractivity contribution in [1.82, 2.24) is 9.80 Å². The van der Waals surface area contributed by atoms with Crippen molar-refractivity contribution in [1.29, 1.82) is 0 Å². The van der Waals surface area contributed by atoms with Gasteiger partial charge in [0.2, 0.25) is 5.91 Å². The lowest BCUT2D eigenvalue weighted by atomic mass is 9.78.